The van der Waals surface area contributed by atoms with E-state index in [0.717, 1.165) is 25.7 Å². The molecular formula is C13H19NO3S. The van der Waals surface area contributed by atoms with Gasteiger partial charge in [-0.3, -0.25) is 4.79 Å². The van der Waals surface area contributed by atoms with Crippen LogP contribution in [0.25, 0.3) is 0 Å². The molecule has 1 saturated carbocycles. The molecular weight excluding hydrogens is 250 g/mol. The Morgan fingerprint density at radius 2 is 2.22 bits per heavy atom. The Morgan fingerprint density at radius 1 is 1.56 bits per heavy atom. The molecule has 18 heavy (non-hydrogen) atoms. The molecule has 2 rings (SSSR count). The van der Waals surface area contributed by atoms with Crippen molar-refractivity contribution in [2.45, 2.75) is 31.3 Å². The van der Waals surface area contributed by atoms with Crippen LogP contribution in [0.2, 0.25) is 0 Å². The lowest BCUT2D eigenvalue weighted by molar-refractivity contribution is 0.0157. The molecule has 1 aliphatic rings. The van der Waals surface area contributed by atoms with Gasteiger partial charge in [-0.2, -0.15) is 0 Å². The van der Waals surface area contributed by atoms with Crippen molar-refractivity contribution in [1.29, 1.82) is 0 Å². The number of carbonyl (C=O) groups excluding carboxylic acids is 1. The van der Waals surface area contributed by atoms with E-state index in [1.54, 1.807) is 25.1 Å². The Bertz CT molecular complexity index is 424. The minimum absolute atomic E-state index is 0.0813. The minimum Gasteiger partial charge on any atom is -0.495 e. The summed E-state index contributed by atoms with van der Waals surface area (Å²) in [5, 5.41) is 12.2. The predicted molar refractivity (Wildman–Crippen MR) is 71.2 cm³/mol. The highest BCUT2D eigenvalue weighted by Gasteiger charge is 2.34. The van der Waals surface area contributed by atoms with Gasteiger partial charge in [-0.1, -0.05) is 12.8 Å². The number of rotatable bonds is 4. The van der Waals surface area contributed by atoms with Gasteiger partial charge < -0.3 is 14.7 Å². The highest BCUT2D eigenvalue weighted by Crippen LogP contribution is 2.31. The van der Waals surface area contributed by atoms with E-state index in [1.807, 2.05) is 5.38 Å². The first-order valence-corrected chi connectivity index (χ1v) is 7.03. The Hall–Kier alpha value is -1.07. The molecule has 0 aromatic carbocycles. The molecule has 1 aromatic heterocycles. The third-order valence-corrected chi connectivity index (χ3v) is 4.34. The zero-order valence-corrected chi connectivity index (χ0v) is 11.6. The molecule has 0 spiro atoms. The molecule has 1 aromatic rings. The van der Waals surface area contributed by atoms with Gasteiger partial charge in [0.2, 0.25) is 0 Å². The summed E-state index contributed by atoms with van der Waals surface area (Å²) in [6.07, 6.45) is 3.65. The number of thiophene rings is 1. The molecule has 0 bridgehead atoms. The predicted octanol–water partition coefficient (Wildman–Crippen LogP) is 2.13. The number of carbonyl (C=O) groups is 1. The molecule has 1 amide bonds. The largest absolute Gasteiger partial charge is 0.495 e. The van der Waals surface area contributed by atoms with Gasteiger partial charge in [-0.25, -0.2) is 0 Å². The summed E-state index contributed by atoms with van der Waals surface area (Å²) >= 11 is 1.37. The van der Waals surface area contributed by atoms with E-state index in [4.69, 9.17) is 4.74 Å². The van der Waals surface area contributed by atoms with Crippen molar-refractivity contribution in [2.24, 2.45) is 0 Å². The summed E-state index contributed by atoms with van der Waals surface area (Å²) in [5.74, 6) is 0.525. The fourth-order valence-corrected chi connectivity index (χ4v) is 3.34. The second-order valence-electron chi connectivity index (χ2n) is 4.91. The number of hydrogen-bond donors (Lipinski definition) is 1. The van der Waals surface area contributed by atoms with Crippen LogP contribution in [0.5, 0.6) is 5.75 Å². The van der Waals surface area contributed by atoms with E-state index in [0.29, 0.717) is 17.2 Å². The molecule has 1 heterocycles. The summed E-state index contributed by atoms with van der Waals surface area (Å²) in [7, 11) is 3.29. The standard InChI is InChI=1S/C13H19NO3S/c1-14(9-13(16)6-3-4-7-13)12(15)11-10(17-2)5-8-18-11/h5,8,16H,3-4,6-7,9H2,1-2H3. The van der Waals surface area contributed by atoms with Crippen LogP contribution in [0.15, 0.2) is 11.4 Å². The van der Waals surface area contributed by atoms with Crippen LogP contribution in [0.3, 0.4) is 0 Å². The van der Waals surface area contributed by atoms with Gasteiger partial charge in [-0.05, 0) is 24.3 Å². The van der Waals surface area contributed by atoms with E-state index in [-0.39, 0.29) is 5.91 Å². The topological polar surface area (TPSA) is 49.8 Å². The first-order chi connectivity index (χ1) is 8.56. The van der Waals surface area contributed by atoms with Crippen molar-refractivity contribution < 1.29 is 14.6 Å². The molecule has 100 valence electrons. The average molecular weight is 269 g/mol. The fraction of sp³-hybridized carbons (Fsp3) is 0.615. The van der Waals surface area contributed by atoms with Crippen LogP contribution in [-0.2, 0) is 0 Å². The lowest BCUT2D eigenvalue weighted by Crippen LogP contribution is -2.41. The monoisotopic (exact) mass is 269 g/mol. The zero-order chi connectivity index (χ0) is 13.2. The number of aliphatic hydroxyl groups is 1. The molecule has 1 aliphatic carbocycles. The van der Waals surface area contributed by atoms with Gasteiger partial charge in [0, 0.05) is 13.6 Å². The number of methoxy groups -OCH3 is 1. The van der Waals surface area contributed by atoms with Crippen molar-refractivity contribution in [1.82, 2.24) is 4.90 Å². The van der Waals surface area contributed by atoms with Gasteiger partial charge in [0.15, 0.2) is 0 Å². The normalized spacial score (nSPS) is 17.7. The highest BCUT2D eigenvalue weighted by atomic mass is 32.1. The Kier molecular flexibility index (Phi) is 3.92. The van der Waals surface area contributed by atoms with E-state index in [1.165, 1.54) is 11.3 Å². The molecule has 5 heteroatoms. The average Bonchev–Trinajstić information content (AvgIpc) is 2.96. The third kappa shape index (κ3) is 2.67. The zero-order valence-electron chi connectivity index (χ0n) is 10.8. The molecule has 0 atom stereocenters. The van der Waals surface area contributed by atoms with Crippen molar-refractivity contribution in [2.75, 3.05) is 20.7 Å². The number of amides is 1. The first kappa shape index (κ1) is 13.4. The molecule has 1 fully saturated rings. The number of ether oxygens (including phenoxy) is 1. The highest BCUT2D eigenvalue weighted by molar-refractivity contribution is 7.12. The van der Waals surface area contributed by atoms with Crippen LogP contribution in [0.4, 0.5) is 0 Å². The van der Waals surface area contributed by atoms with Gasteiger partial charge in [0.25, 0.3) is 5.91 Å². The Morgan fingerprint density at radius 3 is 2.83 bits per heavy atom. The first-order valence-electron chi connectivity index (χ1n) is 6.15. The molecule has 0 aliphatic heterocycles. The Labute approximate surface area is 111 Å². The third-order valence-electron chi connectivity index (χ3n) is 3.46. The quantitative estimate of drug-likeness (QED) is 0.911. The molecule has 0 saturated heterocycles. The lowest BCUT2D eigenvalue weighted by atomic mass is 10.0. The minimum atomic E-state index is -0.699. The summed E-state index contributed by atoms with van der Waals surface area (Å²) < 4.78 is 5.15. The van der Waals surface area contributed by atoms with Crippen LogP contribution in [0, 0.1) is 0 Å². The Balaban J connectivity index is 2.05. The van der Waals surface area contributed by atoms with Crippen LogP contribution in [-0.4, -0.2) is 42.2 Å². The molecule has 4 nitrogen and oxygen atoms in total. The van der Waals surface area contributed by atoms with Crippen molar-refractivity contribution in [3.63, 3.8) is 0 Å². The summed E-state index contributed by atoms with van der Waals surface area (Å²) in [4.78, 5) is 14.5. The maximum Gasteiger partial charge on any atom is 0.267 e. The smallest absolute Gasteiger partial charge is 0.267 e. The number of likely N-dealkylation sites (N-methyl/N-ethyl adjacent to an activating group) is 1. The van der Waals surface area contributed by atoms with E-state index >= 15 is 0 Å². The van der Waals surface area contributed by atoms with Gasteiger partial charge >= 0.3 is 0 Å². The van der Waals surface area contributed by atoms with Crippen molar-refractivity contribution >= 4 is 17.2 Å². The van der Waals surface area contributed by atoms with E-state index in [9.17, 15) is 9.90 Å². The summed E-state index contributed by atoms with van der Waals surface area (Å²) in [5.41, 5.74) is -0.699. The maximum absolute atomic E-state index is 12.3. The van der Waals surface area contributed by atoms with Crippen LogP contribution < -0.4 is 4.74 Å². The summed E-state index contributed by atoms with van der Waals surface area (Å²) in [6, 6.07) is 1.79. The van der Waals surface area contributed by atoms with Crippen molar-refractivity contribution in [3.8, 4) is 5.75 Å². The molecule has 0 radical (unpaired) electrons. The van der Waals surface area contributed by atoms with Gasteiger partial charge in [-0.15, -0.1) is 11.3 Å². The second kappa shape index (κ2) is 5.28. The van der Waals surface area contributed by atoms with Gasteiger partial charge in [0.05, 0.1) is 12.7 Å². The number of hydrogen-bond acceptors (Lipinski definition) is 4. The second-order valence-corrected chi connectivity index (χ2v) is 5.83. The maximum atomic E-state index is 12.3. The fourth-order valence-electron chi connectivity index (χ4n) is 2.49. The number of nitrogens with zero attached hydrogens (tertiary/aromatic N) is 1. The lowest BCUT2D eigenvalue weighted by Gasteiger charge is -2.28. The summed E-state index contributed by atoms with van der Waals surface area (Å²) in [6.45, 7) is 0.396. The SMILES string of the molecule is COc1ccsc1C(=O)N(C)CC1(O)CCCC1. The van der Waals surface area contributed by atoms with Crippen LogP contribution in [0.1, 0.15) is 35.4 Å². The van der Waals surface area contributed by atoms with E-state index in [2.05, 4.69) is 0 Å². The van der Waals surface area contributed by atoms with Gasteiger partial charge in [0.1, 0.15) is 10.6 Å². The molecule has 1 N–H and O–H groups in total. The molecule has 0 unspecified atom stereocenters. The van der Waals surface area contributed by atoms with E-state index < -0.39 is 5.60 Å². The van der Waals surface area contributed by atoms with Crippen LogP contribution >= 0.6 is 11.3 Å². The van der Waals surface area contributed by atoms with Crippen molar-refractivity contribution in [3.05, 3.63) is 16.3 Å².